The van der Waals surface area contributed by atoms with E-state index in [1.165, 1.54) is 0 Å². The van der Waals surface area contributed by atoms with Crippen LogP contribution in [0.15, 0.2) is 30.6 Å². The first-order valence-corrected chi connectivity index (χ1v) is 11.4. The lowest BCUT2D eigenvalue weighted by atomic mass is 9.91. The fraction of sp³-hybridized carbons (Fsp3) is 0.458. The van der Waals surface area contributed by atoms with Gasteiger partial charge in [-0.2, -0.15) is 0 Å². The molecule has 3 heterocycles. The number of anilines is 1. The van der Waals surface area contributed by atoms with E-state index in [2.05, 4.69) is 44.1 Å². The van der Waals surface area contributed by atoms with Crippen molar-refractivity contribution in [3.8, 4) is 11.1 Å². The molecule has 0 atom stereocenters. The van der Waals surface area contributed by atoms with Crippen molar-refractivity contribution in [2.45, 2.75) is 64.6 Å². The molecular weight excluding hydrogens is 405 g/mol. The second kappa shape index (κ2) is 8.16. The van der Waals surface area contributed by atoms with E-state index in [4.69, 9.17) is 0 Å². The van der Waals surface area contributed by atoms with E-state index in [0.717, 1.165) is 53.7 Å². The molecule has 3 aromatic heterocycles. The second-order valence-corrected chi connectivity index (χ2v) is 9.07. The minimum Gasteiger partial charge on any atom is -0.350 e. The van der Waals surface area contributed by atoms with Crippen molar-refractivity contribution in [2.24, 2.45) is 0 Å². The summed E-state index contributed by atoms with van der Waals surface area (Å²) in [7, 11) is 2.03. The molecule has 1 saturated carbocycles. The number of hydrogen-bond acceptors (Lipinski definition) is 5. The molecule has 1 aromatic carbocycles. The highest BCUT2D eigenvalue weighted by atomic mass is 19.1. The zero-order valence-electron chi connectivity index (χ0n) is 19.1. The Kier molecular flexibility index (Phi) is 5.33. The van der Waals surface area contributed by atoms with Crippen LogP contribution in [0.1, 0.15) is 51.4 Å². The van der Waals surface area contributed by atoms with Gasteiger partial charge in [0, 0.05) is 29.9 Å². The van der Waals surface area contributed by atoms with Gasteiger partial charge < -0.3 is 15.2 Å². The summed E-state index contributed by atoms with van der Waals surface area (Å²) in [4.78, 5) is 9.00. The molecule has 0 aliphatic heterocycles. The Morgan fingerprint density at radius 2 is 1.84 bits per heavy atom. The molecule has 0 spiro atoms. The molecule has 8 heteroatoms. The Balaban J connectivity index is 1.46. The number of imidazole rings is 1. The summed E-state index contributed by atoms with van der Waals surface area (Å²) in [6.07, 6.45) is 8.24. The standard InChI is InChI=1S/C24H30FN7/c1-14(2)32-15(3)28-23-20(25)11-16(12-21(23)32)19-9-10-31-22(19)13-27-24(30-31)29-18-7-5-17(26-4)6-8-18/h9-14,17-18,26H,5-8H2,1-4H3,(H,29,30). The molecular formula is C24H30FN7. The molecule has 5 rings (SSSR count). The average Bonchev–Trinajstić information content (AvgIpc) is 3.34. The van der Waals surface area contributed by atoms with E-state index in [1.807, 2.05) is 43.0 Å². The lowest BCUT2D eigenvalue weighted by molar-refractivity contribution is 0.370. The monoisotopic (exact) mass is 435 g/mol. The van der Waals surface area contributed by atoms with Crippen LogP contribution in [-0.4, -0.2) is 43.3 Å². The van der Waals surface area contributed by atoms with Crippen molar-refractivity contribution in [1.29, 1.82) is 0 Å². The molecule has 168 valence electrons. The van der Waals surface area contributed by atoms with E-state index in [-0.39, 0.29) is 11.9 Å². The molecule has 32 heavy (non-hydrogen) atoms. The molecule has 1 aliphatic carbocycles. The van der Waals surface area contributed by atoms with Crippen LogP contribution in [-0.2, 0) is 0 Å². The third-order valence-corrected chi connectivity index (χ3v) is 6.64. The molecule has 0 bridgehead atoms. The highest BCUT2D eigenvalue weighted by Gasteiger charge is 2.21. The highest BCUT2D eigenvalue weighted by Crippen LogP contribution is 2.32. The van der Waals surface area contributed by atoms with E-state index < -0.39 is 0 Å². The average molecular weight is 436 g/mol. The summed E-state index contributed by atoms with van der Waals surface area (Å²) in [5.74, 6) is 1.13. The first-order chi connectivity index (χ1) is 15.4. The van der Waals surface area contributed by atoms with Crippen LogP contribution in [0.25, 0.3) is 27.7 Å². The third-order valence-electron chi connectivity index (χ3n) is 6.64. The quantitative estimate of drug-likeness (QED) is 0.475. The minimum atomic E-state index is -0.310. The normalized spacial score (nSPS) is 19.3. The van der Waals surface area contributed by atoms with Gasteiger partial charge in [-0.25, -0.2) is 18.9 Å². The molecule has 7 nitrogen and oxygen atoms in total. The van der Waals surface area contributed by atoms with Gasteiger partial charge in [-0.1, -0.05) is 0 Å². The summed E-state index contributed by atoms with van der Waals surface area (Å²) < 4.78 is 18.8. The molecule has 4 aromatic rings. The van der Waals surface area contributed by atoms with Gasteiger partial charge in [0.25, 0.3) is 0 Å². The number of nitrogens with one attached hydrogen (secondary N) is 2. The summed E-state index contributed by atoms with van der Waals surface area (Å²) in [5, 5.41) is 11.5. The molecule has 1 fully saturated rings. The zero-order chi connectivity index (χ0) is 22.4. The molecule has 2 N–H and O–H groups in total. The molecule has 0 radical (unpaired) electrons. The molecule has 1 aliphatic rings. The maximum Gasteiger partial charge on any atom is 0.241 e. The van der Waals surface area contributed by atoms with Crippen molar-refractivity contribution < 1.29 is 4.39 Å². The van der Waals surface area contributed by atoms with Crippen LogP contribution in [0, 0.1) is 12.7 Å². The Hall–Kier alpha value is -3.00. The van der Waals surface area contributed by atoms with Crippen molar-refractivity contribution in [1.82, 2.24) is 29.5 Å². The summed E-state index contributed by atoms with van der Waals surface area (Å²) in [6.45, 7) is 6.08. The summed E-state index contributed by atoms with van der Waals surface area (Å²) in [6, 6.07) is 6.73. The fourth-order valence-corrected chi connectivity index (χ4v) is 5.00. The van der Waals surface area contributed by atoms with Gasteiger partial charge >= 0.3 is 0 Å². The first-order valence-electron chi connectivity index (χ1n) is 11.4. The van der Waals surface area contributed by atoms with Crippen LogP contribution >= 0.6 is 0 Å². The SMILES string of the molecule is CNC1CCC(Nc2ncc3c(-c4cc(F)c5nc(C)n(C(C)C)c5c4)ccn3n2)CC1. The third kappa shape index (κ3) is 3.62. The molecule has 0 unspecified atom stereocenters. The zero-order valence-corrected chi connectivity index (χ0v) is 19.1. The minimum absolute atomic E-state index is 0.195. The number of rotatable bonds is 5. The number of fused-ring (bicyclic) bond motifs is 2. The second-order valence-electron chi connectivity index (χ2n) is 9.07. The van der Waals surface area contributed by atoms with Crippen LogP contribution < -0.4 is 10.6 Å². The number of halogens is 1. The summed E-state index contributed by atoms with van der Waals surface area (Å²) >= 11 is 0. The Morgan fingerprint density at radius 1 is 1.09 bits per heavy atom. The largest absolute Gasteiger partial charge is 0.350 e. The van der Waals surface area contributed by atoms with Crippen LogP contribution in [0.5, 0.6) is 0 Å². The topological polar surface area (TPSA) is 72.1 Å². The van der Waals surface area contributed by atoms with Gasteiger partial charge in [0.05, 0.1) is 17.2 Å². The number of nitrogens with zero attached hydrogens (tertiary/aromatic N) is 5. The van der Waals surface area contributed by atoms with E-state index in [9.17, 15) is 4.39 Å². The molecule has 0 saturated heterocycles. The van der Waals surface area contributed by atoms with Gasteiger partial charge in [-0.3, -0.25) is 0 Å². The molecule has 0 amide bonds. The number of benzene rings is 1. The number of hydrogen-bond donors (Lipinski definition) is 2. The van der Waals surface area contributed by atoms with Crippen molar-refractivity contribution in [2.75, 3.05) is 12.4 Å². The van der Waals surface area contributed by atoms with E-state index in [0.29, 0.717) is 23.5 Å². The highest BCUT2D eigenvalue weighted by molar-refractivity contribution is 5.88. The van der Waals surface area contributed by atoms with Gasteiger partial charge in [0.2, 0.25) is 5.95 Å². The van der Waals surface area contributed by atoms with Crippen molar-refractivity contribution >= 4 is 22.5 Å². The summed E-state index contributed by atoms with van der Waals surface area (Å²) in [5.41, 5.74) is 3.78. The Morgan fingerprint density at radius 3 is 2.56 bits per heavy atom. The smallest absolute Gasteiger partial charge is 0.241 e. The van der Waals surface area contributed by atoms with Crippen LogP contribution in [0.3, 0.4) is 0 Å². The lowest BCUT2D eigenvalue weighted by Gasteiger charge is -2.28. The van der Waals surface area contributed by atoms with E-state index >= 15 is 0 Å². The van der Waals surface area contributed by atoms with Crippen LogP contribution in [0.2, 0.25) is 0 Å². The maximum atomic E-state index is 14.9. The Bertz CT molecular complexity index is 1260. The Labute approximate surface area is 187 Å². The maximum absolute atomic E-state index is 14.9. The van der Waals surface area contributed by atoms with Crippen molar-refractivity contribution in [3.05, 3.63) is 42.2 Å². The van der Waals surface area contributed by atoms with Gasteiger partial charge in [0.15, 0.2) is 5.82 Å². The predicted molar refractivity (Wildman–Crippen MR) is 126 cm³/mol. The van der Waals surface area contributed by atoms with Gasteiger partial charge in [-0.05, 0) is 77.3 Å². The predicted octanol–water partition coefficient (Wildman–Crippen LogP) is 4.72. The van der Waals surface area contributed by atoms with Gasteiger partial charge in [-0.15, -0.1) is 5.10 Å². The van der Waals surface area contributed by atoms with Crippen LogP contribution in [0.4, 0.5) is 10.3 Å². The first kappa shape index (κ1) is 20.9. The van der Waals surface area contributed by atoms with Crippen molar-refractivity contribution in [3.63, 3.8) is 0 Å². The van der Waals surface area contributed by atoms with Gasteiger partial charge in [0.1, 0.15) is 11.3 Å². The number of aryl methyl sites for hydroxylation is 1. The van der Waals surface area contributed by atoms with E-state index in [1.54, 1.807) is 6.07 Å². The fourth-order valence-electron chi connectivity index (χ4n) is 5.00. The number of aromatic nitrogens is 5. The lowest BCUT2D eigenvalue weighted by Crippen LogP contribution is -2.35.